The molecule has 2 aromatic rings. The average Bonchev–Trinajstić information content (AvgIpc) is 2.69. The third-order valence-electron chi connectivity index (χ3n) is 4.58. The molecule has 0 bridgehead atoms. The number of pyridine rings is 1. The van der Waals surface area contributed by atoms with Gasteiger partial charge in [0.15, 0.2) is 0 Å². The van der Waals surface area contributed by atoms with E-state index in [-0.39, 0.29) is 11.6 Å². The summed E-state index contributed by atoms with van der Waals surface area (Å²) in [4.78, 5) is 30.0. The van der Waals surface area contributed by atoms with Crippen LogP contribution in [0.25, 0.3) is 0 Å². The summed E-state index contributed by atoms with van der Waals surface area (Å²) in [7, 11) is 0. The van der Waals surface area contributed by atoms with E-state index in [9.17, 15) is 18.4 Å². The van der Waals surface area contributed by atoms with Gasteiger partial charge in [-0.2, -0.15) is 0 Å². The van der Waals surface area contributed by atoms with E-state index in [4.69, 9.17) is 0 Å². The predicted octanol–water partition coefficient (Wildman–Crippen LogP) is 2.33. The highest BCUT2D eigenvalue weighted by atomic mass is 19.1. The van der Waals surface area contributed by atoms with Crippen LogP contribution in [0.4, 0.5) is 20.2 Å². The lowest BCUT2D eigenvalue weighted by Gasteiger charge is -2.33. The van der Waals surface area contributed by atoms with Crippen LogP contribution >= 0.6 is 0 Å². The molecule has 1 aromatic carbocycles. The molecule has 3 rings (SSSR count). The second-order valence-electron chi connectivity index (χ2n) is 6.42. The largest absolute Gasteiger partial charge is 0.371 e. The van der Waals surface area contributed by atoms with Crippen molar-refractivity contribution < 1.29 is 18.4 Å². The summed E-state index contributed by atoms with van der Waals surface area (Å²) >= 11 is 0. The highest BCUT2D eigenvalue weighted by Crippen LogP contribution is 2.22. The molecule has 142 valence electrons. The summed E-state index contributed by atoms with van der Waals surface area (Å²) < 4.78 is 26.4. The first-order chi connectivity index (χ1) is 13.0. The summed E-state index contributed by atoms with van der Waals surface area (Å²) in [5.74, 6) is -3.24. The molecule has 0 spiro atoms. The fourth-order valence-electron chi connectivity index (χ4n) is 3.04. The smallest absolute Gasteiger partial charge is 0.313 e. The van der Waals surface area contributed by atoms with E-state index in [2.05, 4.69) is 20.5 Å². The van der Waals surface area contributed by atoms with E-state index in [1.165, 1.54) is 0 Å². The molecule has 1 saturated heterocycles. The number of nitrogens with one attached hydrogen (secondary N) is 2. The minimum atomic E-state index is -0.977. The zero-order valence-corrected chi connectivity index (χ0v) is 14.6. The van der Waals surface area contributed by atoms with E-state index in [0.717, 1.165) is 43.8 Å². The van der Waals surface area contributed by atoms with Crippen LogP contribution < -0.4 is 15.5 Å². The summed E-state index contributed by atoms with van der Waals surface area (Å²) in [6.45, 7) is 2.09. The molecule has 1 aliphatic heterocycles. The third-order valence-corrected chi connectivity index (χ3v) is 4.58. The lowest BCUT2D eigenvalue weighted by atomic mass is 9.96. The molecule has 0 unspecified atom stereocenters. The topological polar surface area (TPSA) is 74.3 Å². The molecule has 0 atom stereocenters. The molecule has 1 fully saturated rings. The molecule has 1 aliphatic rings. The van der Waals surface area contributed by atoms with E-state index in [1.54, 1.807) is 12.4 Å². The van der Waals surface area contributed by atoms with Crippen molar-refractivity contribution in [1.29, 1.82) is 0 Å². The first-order valence-corrected chi connectivity index (χ1v) is 8.72. The first kappa shape index (κ1) is 18.8. The van der Waals surface area contributed by atoms with Crippen molar-refractivity contribution >= 4 is 23.2 Å². The fourth-order valence-corrected chi connectivity index (χ4v) is 3.04. The Hall–Kier alpha value is -3.03. The Morgan fingerprint density at radius 1 is 1.07 bits per heavy atom. The Bertz CT molecular complexity index is 809. The van der Waals surface area contributed by atoms with Gasteiger partial charge in [0, 0.05) is 43.8 Å². The molecule has 0 saturated carbocycles. The van der Waals surface area contributed by atoms with Crippen LogP contribution in [0, 0.1) is 17.6 Å². The maximum atomic E-state index is 13.5. The number of benzene rings is 1. The van der Waals surface area contributed by atoms with Gasteiger partial charge >= 0.3 is 11.8 Å². The van der Waals surface area contributed by atoms with Gasteiger partial charge in [-0.1, -0.05) is 0 Å². The van der Waals surface area contributed by atoms with Crippen LogP contribution in [0.5, 0.6) is 0 Å². The Labute approximate surface area is 155 Å². The molecule has 0 aliphatic carbocycles. The Morgan fingerprint density at radius 3 is 2.44 bits per heavy atom. The zero-order valence-electron chi connectivity index (χ0n) is 14.6. The first-order valence-electron chi connectivity index (χ1n) is 8.72. The normalized spacial score (nSPS) is 14.7. The number of amides is 2. The third kappa shape index (κ3) is 4.99. The van der Waals surface area contributed by atoms with Gasteiger partial charge in [-0.3, -0.25) is 14.6 Å². The standard InChI is InChI=1S/C19H20F2N4O2/c20-14-1-2-17(16(21)11-14)24-19(27)18(26)23-12-13-5-9-25(10-6-13)15-3-7-22-8-4-15/h1-4,7-8,11,13H,5-6,9-10,12H2,(H,23,26)(H,24,27). The highest BCUT2D eigenvalue weighted by molar-refractivity contribution is 6.39. The molecule has 27 heavy (non-hydrogen) atoms. The van der Waals surface area contributed by atoms with Crippen molar-refractivity contribution in [2.75, 3.05) is 29.9 Å². The van der Waals surface area contributed by atoms with Gasteiger partial charge < -0.3 is 15.5 Å². The SMILES string of the molecule is O=C(NCC1CCN(c2ccncc2)CC1)C(=O)Nc1ccc(F)cc1F. The monoisotopic (exact) mass is 374 g/mol. The predicted molar refractivity (Wildman–Crippen MR) is 97.2 cm³/mol. The number of hydrogen-bond acceptors (Lipinski definition) is 4. The van der Waals surface area contributed by atoms with Crippen LogP contribution in [-0.4, -0.2) is 36.4 Å². The van der Waals surface area contributed by atoms with E-state index in [0.29, 0.717) is 12.6 Å². The van der Waals surface area contributed by atoms with Crippen molar-refractivity contribution in [1.82, 2.24) is 10.3 Å². The highest BCUT2D eigenvalue weighted by Gasteiger charge is 2.22. The summed E-state index contributed by atoms with van der Waals surface area (Å²) in [6, 6.07) is 6.64. The van der Waals surface area contributed by atoms with Crippen LogP contribution in [0.15, 0.2) is 42.7 Å². The molecular formula is C19H20F2N4O2. The van der Waals surface area contributed by atoms with Crippen LogP contribution in [0.1, 0.15) is 12.8 Å². The van der Waals surface area contributed by atoms with E-state index >= 15 is 0 Å². The fraction of sp³-hybridized carbons (Fsp3) is 0.316. The van der Waals surface area contributed by atoms with Crippen LogP contribution in [-0.2, 0) is 9.59 Å². The van der Waals surface area contributed by atoms with Crippen LogP contribution in [0.2, 0.25) is 0 Å². The number of rotatable bonds is 4. The van der Waals surface area contributed by atoms with E-state index in [1.807, 2.05) is 12.1 Å². The van der Waals surface area contributed by atoms with Gasteiger partial charge in [-0.25, -0.2) is 8.78 Å². The maximum absolute atomic E-state index is 13.5. The van der Waals surface area contributed by atoms with Crippen LogP contribution in [0.3, 0.4) is 0 Å². The lowest BCUT2D eigenvalue weighted by Crippen LogP contribution is -2.41. The molecular weight excluding hydrogens is 354 g/mol. The van der Waals surface area contributed by atoms with Gasteiger partial charge in [0.1, 0.15) is 11.6 Å². The molecule has 0 radical (unpaired) electrons. The van der Waals surface area contributed by atoms with Crippen molar-refractivity contribution in [3.63, 3.8) is 0 Å². The zero-order chi connectivity index (χ0) is 19.2. The van der Waals surface area contributed by atoms with Gasteiger partial charge in [0.05, 0.1) is 5.69 Å². The second-order valence-corrected chi connectivity index (χ2v) is 6.42. The van der Waals surface area contributed by atoms with Crippen molar-refractivity contribution in [3.05, 3.63) is 54.4 Å². The number of nitrogens with zero attached hydrogens (tertiary/aromatic N) is 2. The molecule has 2 N–H and O–H groups in total. The van der Waals surface area contributed by atoms with Gasteiger partial charge in [-0.05, 0) is 43.0 Å². The molecule has 2 heterocycles. The molecule has 1 aromatic heterocycles. The van der Waals surface area contributed by atoms with E-state index < -0.39 is 23.4 Å². The van der Waals surface area contributed by atoms with Gasteiger partial charge in [0.25, 0.3) is 0 Å². The minimum Gasteiger partial charge on any atom is -0.371 e. The minimum absolute atomic E-state index is 0.234. The molecule has 8 heteroatoms. The number of halogens is 2. The van der Waals surface area contributed by atoms with Crippen molar-refractivity contribution in [2.45, 2.75) is 12.8 Å². The summed E-state index contributed by atoms with van der Waals surface area (Å²) in [6.07, 6.45) is 5.28. The second kappa shape index (κ2) is 8.57. The average molecular weight is 374 g/mol. The number of hydrogen-bond donors (Lipinski definition) is 2. The Kier molecular flexibility index (Phi) is 5.95. The van der Waals surface area contributed by atoms with Gasteiger partial charge in [0.2, 0.25) is 0 Å². The van der Waals surface area contributed by atoms with Crippen molar-refractivity contribution in [2.24, 2.45) is 5.92 Å². The lowest BCUT2D eigenvalue weighted by molar-refractivity contribution is -0.136. The Balaban J connectivity index is 1.43. The number of carbonyl (C=O) groups is 2. The quantitative estimate of drug-likeness (QED) is 0.806. The summed E-state index contributed by atoms with van der Waals surface area (Å²) in [5.41, 5.74) is 0.885. The number of carbonyl (C=O) groups excluding carboxylic acids is 2. The number of piperidine rings is 1. The van der Waals surface area contributed by atoms with Gasteiger partial charge in [-0.15, -0.1) is 0 Å². The number of aromatic nitrogens is 1. The molecule has 6 nitrogen and oxygen atoms in total. The van der Waals surface area contributed by atoms with Crippen molar-refractivity contribution in [3.8, 4) is 0 Å². The number of anilines is 2. The Morgan fingerprint density at radius 2 is 1.78 bits per heavy atom. The maximum Gasteiger partial charge on any atom is 0.313 e. The molecule has 2 amide bonds. The summed E-state index contributed by atoms with van der Waals surface area (Å²) in [5, 5.41) is 4.73.